The number of nitrogens with zero attached hydrogens (tertiary/aromatic N) is 2. The van der Waals surface area contributed by atoms with Crippen LogP contribution in [0.15, 0.2) is 49.0 Å². The third kappa shape index (κ3) is 3.83. The van der Waals surface area contributed by atoms with E-state index in [0.717, 1.165) is 11.1 Å². The van der Waals surface area contributed by atoms with E-state index < -0.39 is 6.04 Å². The average Bonchev–Trinajstić information content (AvgIpc) is 3.01. The van der Waals surface area contributed by atoms with E-state index in [0.29, 0.717) is 35.7 Å². The van der Waals surface area contributed by atoms with Crippen molar-refractivity contribution in [1.29, 1.82) is 0 Å². The van der Waals surface area contributed by atoms with E-state index in [1.807, 2.05) is 36.4 Å². The molecule has 2 aromatic rings. The minimum absolute atomic E-state index is 0.132. The van der Waals surface area contributed by atoms with Crippen LogP contribution in [-0.2, 0) is 11.2 Å². The molecule has 0 saturated heterocycles. The van der Waals surface area contributed by atoms with Crippen molar-refractivity contribution in [3.05, 3.63) is 65.7 Å². The van der Waals surface area contributed by atoms with Crippen LogP contribution in [0, 0.1) is 0 Å². The Bertz CT molecular complexity index is 919. The van der Waals surface area contributed by atoms with Crippen LogP contribution in [0.2, 0.25) is 0 Å². The smallest absolute Gasteiger partial charge is 0.259 e. The zero-order valence-electron chi connectivity index (χ0n) is 17.3. The van der Waals surface area contributed by atoms with Gasteiger partial charge in [-0.2, -0.15) is 0 Å². The highest BCUT2D eigenvalue weighted by molar-refractivity contribution is 6.10. The van der Waals surface area contributed by atoms with Crippen LogP contribution in [0.4, 0.5) is 0 Å². The maximum atomic E-state index is 13.0. The Kier molecular flexibility index (Phi) is 5.92. The van der Waals surface area contributed by atoms with Gasteiger partial charge in [0.25, 0.3) is 5.91 Å². The van der Waals surface area contributed by atoms with Gasteiger partial charge in [0.15, 0.2) is 11.5 Å². The molecule has 29 heavy (non-hydrogen) atoms. The molecule has 0 radical (unpaired) electrons. The molecule has 0 saturated carbocycles. The fourth-order valence-corrected chi connectivity index (χ4v) is 3.59. The summed E-state index contributed by atoms with van der Waals surface area (Å²) in [7, 11) is 4.93. The minimum atomic E-state index is -0.627. The highest BCUT2D eigenvalue weighted by atomic mass is 16.5. The second-order valence-corrected chi connectivity index (χ2v) is 7.04. The Labute approximate surface area is 171 Å². The third-order valence-electron chi connectivity index (χ3n) is 5.28. The maximum absolute atomic E-state index is 13.0. The predicted molar refractivity (Wildman–Crippen MR) is 112 cm³/mol. The summed E-state index contributed by atoms with van der Waals surface area (Å²) in [6, 6.07) is 12.4. The van der Waals surface area contributed by atoms with Gasteiger partial charge < -0.3 is 14.4 Å². The molecule has 152 valence electrons. The van der Waals surface area contributed by atoms with Gasteiger partial charge >= 0.3 is 0 Å². The van der Waals surface area contributed by atoms with Gasteiger partial charge in [0.2, 0.25) is 5.91 Å². The number of benzene rings is 2. The van der Waals surface area contributed by atoms with Crippen LogP contribution in [0.5, 0.6) is 11.5 Å². The summed E-state index contributed by atoms with van der Waals surface area (Å²) >= 11 is 0. The molecule has 0 aromatic heterocycles. The first-order valence-electron chi connectivity index (χ1n) is 9.46. The molecule has 1 aliphatic rings. The predicted octanol–water partition coefficient (Wildman–Crippen LogP) is 3.22. The highest BCUT2D eigenvalue weighted by Crippen LogP contribution is 2.33. The molecular formula is C23H26N2O4. The van der Waals surface area contributed by atoms with E-state index in [-0.39, 0.29) is 11.8 Å². The largest absolute Gasteiger partial charge is 0.493 e. The van der Waals surface area contributed by atoms with Crippen molar-refractivity contribution < 1.29 is 19.1 Å². The van der Waals surface area contributed by atoms with Crippen molar-refractivity contribution in [2.24, 2.45) is 0 Å². The van der Waals surface area contributed by atoms with E-state index in [1.54, 1.807) is 39.2 Å². The first-order valence-corrected chi connectivity index (χ1v) is 9.46. The van der Waals surface area contributed by atoms with Crippen LogP contribution < -0.4 is 9.47 Å². The van der Waals surface area contributed by atoms with E-state index in [4.69, 9.17) is 9.47 Å². The van der Waals surface area contributed by atoms with Crippen molar-refractivity contribution in [1.82, 2.24) is 9.80 Å². The van der Waals surface area contributed by atoms with Crippen molar-refractivity contribution >= 4 is 17.5 Å². The molecular weight excluding hydrogens is 368 g/mol. The van der Waals surface area contributed by atoms with Gasteiger partial charge in [0, 0.05) is 30.4 Å². The second-order valence-electron chi connectivity index (χ2n) is 7.04. The summed E-state index contributed by atoms with van der Waals surface area (Å²) in [5.41, 5.74) is 2.97. The van der Waals surface area contributed by atoms with E-state index in [2.05, 4.69) is 6.58 Å². The van der Waals surface area contributed by atoms with Crippen molar-refractivity contribution in [2.45, 2.75) is 19.4 Å². The standard InChI is InChI=1S/C23H26N2O4/c1-15-18-8-6-7-9-19(18)23(27)25(15)16(2)22(26)24(3)13-12-17-10-11-20(28-4)21(14-17)29-5/h6-11,14,16H,1,12-13H2,2-5H3. The third-order valence-corrected chi connectivity index (χ3v) is 5.28. The van der Waals surface area contributed by atoms with E-state index in [9.17, 15) is 9.59 Å². The first-order chi connectivity index (χ1) is 13.9. The van der Waals surface area contributed by atoms with Crippen LogP contribution >= 0.6 is 0 Å². The number of likely N-dealkylation sites (N-methyl/N-ethyl adjacent to an activating group) is 1. The molecule has 2 aromatic carbocycles. The molecule has 0 N–H and O–H groups in total. The molecule has 0 bridgehead atoms. The molecule has 1 aliphatic heterocycles. The fraction of sp³-hybridized carbons (Fsp3) is 0.304. The zero-order valence-corrected chi connectivity index (χ0v) is 17.3. The number of rotatable bonds is 7. The lowest BCUT2D eigenvalue weighted by Gasteiger charge is -2.28. The van der Waals surface area contributed by atoms with Gasteiger partial charge in [-0.05, 0) is 37.1 Å². The van der Waals surface area contributed by atoms with Gasteiger partial charge in [0.05, 0.1) is 14.2 Å². The number of methoxy groups -OCH3 is 2. The summed E-state index contributed by atoms with van der Waals surface area (Å²) < 4.78 is 10.6. The number of amides is 2. The molecule has 1 heterocycles. The lowest BCUT2D eigenvalue weighted by molar-refractivity contribution is -0.133. The van der Waals surface area contributed by atoms with E-state index in [1.165, 1.54) is 4.90 Å². The molecule has 3 rings (SSSR count). The molecule has 0 spiro atoms. The summed E-state index contributed by atoms with van der Waals surface area (Å²) in [6.45, 7) is 6.28. The number of hydrogen-bond donors (Lipinski definition) is 0. The Hall–Kier alpha value is -3.28. The molecule has 0 aliphatic carbocycles. The number of fused-ring (bicyclic) bond motifs is 1. The topological polar surface area (TPSA) is 59.1 Å². The summed E-state index contributed by atoms with van der Waals surface area (Å²) in [6.07, 6.45) is 0.657. The summed E-state index contributed by atoms with van der Waals surface area (Å²) in [5.74, 6) is 1.01. The fourth-order valence-electron chi connectivity index (χ4n) is 3.59. The Morgan fingerprint density at radius 1 is 1.10 bits per heavy atom. The average molecular weight is 394 g/mol. The minimum Gasteiger partial charge on any atom is -0.493 e. The van der Waals surface area contributed by atoms with Crippen LogP contribution in [0.25, 0.3) is 5.70 Å². The molecule has 6 heteroatoms. The van der Waals surface area contributed by atoms with Gasteiger partial charge in [0.1, 0.15) is 6.04 Å². The zero-order chi connectivity index (χ0) is 21.1. The maximum Gasteiger partial charge on any atom is 0.259 e. The number of carbonyl (C=O) groups is 2. The molecule has 2 amide bonds. The monoisotopic (exact) mass is 394 g/mol. The van der Waals surface area contributed by atoms with Crippen molar-refractivity contribution in [2.75, 3.05) is 27.8 Å². The van der Waals surface area contributed by atoms with Gasteiger partial charge in [-0.25, -0.2) is 0 Å². The van der Waals surface area contributed by atoms with Crippen LogP contribution in [0.1, 0.15) is 28.4 Å². The van der Waals surface area contributed by atoms with Crippen molar-refractivity contribution in [3.8, 4) is 11.5 Å². The summed E-state index contributed by atoms with van der Waals surface area (Å²) in [4.78, 5) is 28.8. The van der Waals surface area contributed by atoms with Gasteiger partial charge in [-0.15, -0.1) is 0 Å². The van der Waals surface area contributed by atoms with E-state index >= 15 is 0 Å². The molecule has 6 nitrogen and oxygen atoms in total. The van der Waals surface area contributed by atoms with Crippen LogP contribution in [-0.4, -0.2) is 55.5 Å². The summed E-state index contributed by atoms with van der Waals surface area (Å²) in [5, 5.41) is 0. The SMILES string of the molecule is C=C1c2ccccc2C(=O)N1C(C)C(=O)N(C)CCc1ccc(OC)c(OC)c1. The second kappa shape index (κ2) is 8.39. The van der Waals surface area contributed by atoms with Gasteiger partial charge in [-0.3, -0.25) is 14.5 Å². The number of hydrogen-bond acceptors (Lipinski definition) is 4. The quantitative estimate of drug-likeness (QED) is 0.724. The number of carbonyl (C=O) groups excluding carboxylic acids is 2. The normalized spacial score (nSPS) is 13.9. The number of ether oxygens (including phenoxy) is 2. The lowest BCUT2D eigenvalue weighted by atomic mass is 10.1. The Morgan fingerprint density at radius 3 is 2.38 bits per heavy atom. The Balaban J connectivity index is 1.66. The Morgan fingerprint density at radius 2 is 1.76 bits per heavy atom. The molecule has 1 atom stereocenters. The molecule has 0 fully saturated rings. The first kappa shape index (κ1) is 20.5. The lowest BCUT2D eigenvalue weighted by Crippen LogP contribution is -2.45. The molecule has 1 unspecified atom stereocenters. The van der Waals surface area contributed by atoms with Crippen molar-refractivity contribution in [3.63, 3.8) is 0 Å². The van der Waals surface area contributed by atoms with Gasteiger partial charge in [-0.1, -0.05) is 30.8 Å². The highest BCUT2D eigenvalue weighted by Gasteiger charge is 2.37. The van der Waals surface area contributed by atoms with Crippen LogP contribution in [0.3, 0.4) is 0 Å².